The van der Waals surface area contributed by atoms with Crippen molar-refractivity contribution in [2.45, 2.75) is 37.6 Å². The minimum absolute atomic E-state index is 0.485. The minimum atomic E-state index is 0.485. The van der Waals surface area contributed by atoms with Crippen LogP contribution < -0.4 is 0 Å². The molecule has 2 aliphatic rings. The second kappa shape index (κ2) is 7.50. The molecular weight excluding hydrogens is 372 g/mol. The molecule has 2 fully saturated rings. The molecule has 4 heterocycles. The van der Waals surface area contributed by atoms with Crippen molar-refractivity contribution in [1.82, 2.24) is 28.6 Å². The number of ether oxygens (including phenoxy) is 1. The lowest BCUT2D eigenvalue weighted by molar-refractivity contribution is 0.00721. The number of morpholine rings is 1. The zero-order valence-corrected chi connectivity index (χ0v) is 17.1. The largest absolute Gasteiger partial charge is 0.379 e. The summed E-state index contributed by atoms with van der Waals surface area (Å²) in [5, 5.41) is 4.29. The number of rotatable bonds is 3. The second-order valence-corrected chi connectivity index (χ2v) is 8.34. The molecule has 1 saturated heterocycles. The Labute approximate surface area is 170 Å². The van der Waals surface area contributed by atoms with Crippen LogP contribution in [0.25, 0.3) is 22.3 Å². The van der Waals surface area contributed by atoms with Crippen molar-refractivity contribution < 1.29 is 4.74 Å². The van der Waals surface area contributed by atoms with Crippen LogP contribution in [0.4, 0.5) is 0 Å². The number of nitrogens with zero attached hydrogens (tertiary/aromatic N) is 6. The first-order valence-electron chi connectivity index (χ1n) is 10.1. The minimum Gasteiger partial charge on any atom is -0.379 e. The van der Waals surface area contributed by atoms with Crippen LogP contribution in [0.5, 0.6) is 0 Å². The Morgan fingerprint density at radius 3 is 2.57 bits per heavy atom. The van der Waals surface area contributed by atoms with Gasteiger partial charge >= 0.3 is 0 Å². The lowest BCUT2D eigenvalue weighted by atomic mass is 9.83. The summed E-state index contributed by atoms with van der Waals surface area (Å²) >= 11 is 4.53. The molecule has 0 atom stereocenters. The second-order valence-electron chi connectivity index (χ2n) is 7.91. The van der Waals surface area contributed by atoms with Crippen molar-refractivity contribution in [1.29, 1.82) is 0 Å². The van der Waals surface area contributed by atoms with E-state index in [0.29, 0.717) is 12.0 Å². The Hall–Kier alpha value is -1.90. The van der Waals surface area contributed by atoms with Gasteiger partial charge in [-0.3, -0.25) is 13.6 Å². The molecule has 3 aromatic rings. The standard InChI is InChI=1S/C20H26N6OS/c1-24-12-15(10-22-24)17-13-26(28)20-19(17)23-18(11-21-20)14-2-4-16(5-3-14)25-6-8-27-9-7-25/h10-14,16,28H,2-9H2,1H3. The van der Waals surface area contributed by atoms with Crippen molar-refractivity contribution >= 4 is 24.0 Å². The fourth-order valence-electron chi connectivity index (χ4n) is 4.64. The molecule has 5 rings (SSSR count). The number of hydrogen-bond acceptors (Lipinski definition) is 6. The average Bonchev–Trinajstić information content (AvgIpc) is 3.32. The lowest BCUT2D eigenvalue weighted by Crippen LogP contribution is -2.44. The van der Waals surface area contributed by atoms with Gasteiger partial charge in [0.1, 0.15) is 5.52 Å². The van der Waals surface area contributed by atoms with Crippen LogP contribution >= 0.6 is 12.8 Å². The SMILES string of the molecule is Cn1cc(-c2cn(S)c3ncc(C4CCC(N5CCOCC5)CC4)nc23)cn1. The number of aryl methyl sites for hydroxylation is 1. The molecule has 3 aromatic heterocycles. The first kappa shape index (κ1) is 18.1. The van der Waals surface area contributed by atoms with E-state index >= 15 is 0 Å². The molecule has 0 amide bonds. The van der Waals surface area contributed by atoms with E-state index in [1.54, 1.807) is 8.65 Å². The van der Waals surface area contributed by atoms with E-state index in [9.17, 15) is 0 Å². The Morgan fingerprint density at radius 2 is 1.86 bits per heavy atom. The maximum absolute atomic E-state index is 5.50. The predicted octanol–water partition coefficient (Wildman–Crippen LogP) is 2.88. The summed E-state index contributed by atoms with van der Waals surface area (Å²) < 4.78 is 9.06. The van der Waals surface area contributed by atoms with Crippen molar-refractivity contribution in [3.8, 4) is 11.1 Å². The van der Waals surface area contributed by atoms with E-state index < -0.39 is 0 Å². The van der Waals surface area contributed by atoms with E-state index in [2.05, 4.69) is 27.8 Å². The number of hydrogen-bond donors (Lipinski definition) is 1. The monoisotopic (exact) mass is 398 g/mol. The Kier molecular flexibility index (Phi) is 4.86. The van der Waals surface area contributed by atoms with Crippen LogP contribution in [0.1, 0.15) is 37.3 Å². The molecule has 0 bridgehead atoms. The molecular formula is C20H26N6OS. The van der Waals surface area contributed by atoms with E-state index in [4.69, 9.17) is 9.72 Å². The van der Waals surface area contributed by atoms with E-state index in [1.807, 2.05) is 31.8 Å². The highest BCUT2D eigenvalue weighted by Gasteiger charge is 2.28. The Balaban J connectivity index is 1.38. The van der Waals surface area contributed by atoms with Crippen LogP contribution in [0.3, 0.4) is 0 Å². The molecule has 148 valence electrons. The summed E-state index contributed by atoms with van der Waals surface area (Å²) in [5.74, 6) is 0.485. The molecule has 0 spiro atoms. The molecule has 1 saturated carbocycles. The van der Waals surface area contributed by atoms with Gasteiger partial charge in [-0.25, -0.2) is 9.97 Å². The topological polar surface area (TPSA) is 61.0 Å². The smallest absolute Gasteiger partial charge is 0.169 e. The average molecular weight is 399 g/mol. The predicted molar refractivity (Wildman–Crippen MR) is 112 cm³/mol. The number of thiol groups is 1. The lowest BCUT2D eigenvalue weighted by Gasteiger charge is -2.38. The number of aromatic nitrogens is 5. The van der Waals surface area contributed by atoms with Gasteiger partial charge in [0.05, 0.1) is 31.3 Å². The van der Waals surface area contributed by atoms with Crippen molar-refractivity contribution in [3.63, 3.8) is 0 Å². The molecule has 1 aliphatic carbocycles. The van der Waals surface area contributed by atoms with Crippen LogP contribution in [-0.4, -0.2) is 61.0 Å². The van der Waals surface area contributed by atoms with Gasteiger partial charge in [-0.2, -0.15) is 5.10 Å². The molecule has 0 aromatic carbocycles. The van der Waals surface area contributed by atoms with Gasteiger partial charge < -0.3 is 4.74 Å². The van der Waals surface area contributed by atoms with Gasteiger partial charge in [0.2, 0.25) is 0 Å². The van der Waals surface area contributed by atoms with Crippen LogP contribution in [0.2, 0.25) is 0 Å². The Morgan fingerprint density at radius 1 is 1.07 bits per heavy atom. The van der Waals surface area contributed by atoms with Gasteiger partial charge in [-0.05, 0) is 25.7 Å². The molecule has 28 heavy (non-hydrogen) atoms. The molecule has 7 nitrogen and oxygen atoms in total. The molecule has 1 aliphatic heterocycles. The summed E-state index contributed by atoms with van der Waals surface area (Å²) in [7, 11) is 1.92. The van der Waals surface area contributed by atoms with Crippen molar-refractivity contribution in [3.05, 3.63) is 30.5 Å². The highest BCUT2D eigenvalue weighted by Crippen LogP contribution is 2.36. The maximum Gasteiger partial charge on any atom is 0.169 e. The van der Waals surface area contributed by atoms with E-state index in [0.717, 1.165) is 54.3 Å². The summed E-state index contributed by atoms with van der Waals surface area (Å²) in [4.78, 5) is 12.3. The van der Waals surface area contributed by atoms with Crippen LogP contribution in [-0.2, 0) is 11.8 Å². The van der Waals surface area contributed by atoms with Crippen LogP contribution in [0.15, 0.2) is 24.8 Å². The summed E-state index contributed by atoms with van der Waals surface area (Å²) in [6.45, 7) is 3.90. The summed E-state index contributed by atoms with van der Waals surface area (Å²) in [6, 6.07) is 0.696. The van der Waals surface area contributed by atoms with Gasteiger partial charge in [-0.1, -0.05) is 12.8 Å². The van der Waals surface area contributed by atoms with Crippen molar-refractivity contribution in [2.24, 2.45) is 7.05 Å². The quantitative estimate of drug-likeness (QED) is 0.688. The normalized spacial score (nSPS) is 24.1. The molecule has 0 N–H and O–H groups in total. The first-order chi connectivity index (χ1) is 13.7. The maximum atomic E-state index is 5.50. The van der Waals surface area contributed by atoms with Gasteiger partial charge in [-0.15, -0.1) is 0 Å². The summed E-state index contributed by atoms with van der Waals surface area (Å²) in [6.07, 6.45) is 12.6. The van der Waals surface area contributed by atoms with Gasteiger partial charge in [0.25, 0.3) is 0 Å². The van der Waals surface area contributed by atoms with Gasteiger partial charge in [0, 0.05) is 55.6 Å². The molecule has 0 unspecified atom stereocenters. The Bertz CT molecular complexity index is 968. The number of fused-ring (bicyclic) bond motifs is 1. The molecule has 8 heteroatoms. The van der Waals surface area contributed by atoms with Gasteiger partial charge in [0.15, 0.2) is 5.65 Å². The third-order valence-corrected chi connectivity index (χ3v) is 6.49. The summed E-state index contributed by atoms with van der Waals surface area (Å²) in [5.41, 5.74) is 4.90. The first-order valence-corrected chi connectivity index (χ1v) is 10.5. The van der Waals surface area contributed by atoms with E-state index in [1.165, 1.54) is 25.7 Å². The third kappa shape index (κ3) is 3.33. The third-order valence-electron chi connectivity index (χ3n) is 6.19. The van der Waals surface area contributed by atoms with Crippen molar-refractivity contribution in [2.75, 3.05) is 26.3 Å². The van der Waals surface area contributed by atoms with Crippen LogP contribution in [0, 0.1) is 0 Å². The fourth-order valence-corrected chi connectivity index (χ4v) is 4.90. The molecule has 0 radical (unpaired) electrons. The highest BCUT2D eigenvalue weighted by molar-refractivity contribution is 7.78. The fraction of sp³-hybridized carbons (Fsp3) is 0.550. The zero-order chi connectivity index (χ0) is 19.1. The highest BCUT2D eigenvalue weighted by atomic mass is 32.1. The zero-order valence-electron chi connectivity index (χ0n) is 16.2. The van der Waals surface area contributed by atoms with E-state index in [-0.39, 0.29) is 0 Å².